The van der Waals surface area contributed by atoms with Gasteiger partial charge in [-0.3, -0.25) is 14.9 Å². The van der Waals surface area contributed by atoms with Gasteiger partial charge in [-0.1, -0.05) is 6.92 Å². The molecule has 70 valence electrons. The number of carboxylic acid groups (broad SMARTS) is 1. The molecule has 0 bridgehead atoms. The molecule has 0 spiro atoms. The number of hydrogen-bond donors (Lipinski definition) is 3. The summed E-state index contributed by atoms with van der Waals surface area (Å²) in [6, 6.07) is -1.31. The van der Waals surface area contributed by atoms with Gasteiger partial charge in [0.2, 0.25) is 5.91 Å². The second kappa shape index (κ2) is 4.71. The van der Waals surface area contributed by atoms with Crippen LogP contribution in [0.5, 0.6) is 0 Å². The SMILES string of the molecule is CCC(NC(C)C(N)=O)C(=O)O. The van der Waals surface area contributed by atoms with E-state index in [1.54, 1.807) is 6.92 Å². The summed E-state index contributed by atoms with van der Waals surface area (Å²) in [4.78, 5) is 21.0. The summed E-state index contributed by atoms with van der Waals surface area (Å²) in [5.74, 6) is -1.51. The van der Waals surface area contributed by atoms with Crippen LogP contribution in [0.1, 0.15) is 20.3 Å². The van der Waals surface area contributed by atoms with Crippen LogP contribution in [0, 0.1) is 0 Å². The second-order valence-electron chi connectivity index (χ2n) is 2.59. The Bertz CT molecular complexity index is 181. The van der Waals surface area contributed by atoms with Crippen LogP contribution in [0.2, 0.25) is 0 Å². The van der Waals surface area contributed by atoms with Gasteiger partial charge in [0.05, 0.1) is 6.04 Å². The minimum absolute atomic E-state index is 0.424. The molecule has 0 aliphatic heterocycles. The van der Waals surface area contributed by atoms with Gasteiger partial charge in [-0.15, -0.1) is 0 Å². The number of rotatable bonds is 5. The lowest BCUT2D eigenvalue weighted by Gasteiger charge is -2.15. The molecule has 0 radical (unpaired) electrons. The summed E-state index contributed by atoms with van der Waals surface area (Å²) in [6.07, 6.45) is 0.424. The first kappa shape index (κ1) is 10.9. The number of hydrogen-bond acceptors (Lipinski definition) is 3. The molecule has 0 rings (SSSR count). The Kier molecular flexibility index (Phi) is 4.28. The first-order valence-corrected chi connectivity index (χ1v) is 3.77. The normalized spacial score (nSPS) is 15.2. The summed E-state index contributed by atoms with van der Waals surface area (Å²) in [5.41, 5.74) is 4.94. The van der Waals surface area contributed by atoms with Crippen LogP contribution in [-0.2, 0) is 9.59 Å². The Morgan fingerprint density at radius 2 is 2.08 bits per heavy atom. The lowest BCUT2D eigenvalue weighted by atomic mass is 10.2. The predicted octanol–water partition coefficient (Wildman–Crippen LogP) is -0.687. The lowest BCUT2D eigenvalue weighted by Crippen LogP contribution is -2.47. The number of primary amides is 1. The zero-order chi connectivity index (χ0) is 9.72. The van der Waals surface area contributed by atoms with E-state index in [1.807, 2.05) is 0 Å². The highest BCUT2D eigenvalue weighted by atomic mass is 16.4. The average molecular weight is 174 g/mol. The van der Waals surface area contributed by atoms with Crippen molar-refractivity contribution in [1.82, 2.24) is 5.32 Å². The molecule has 0 heterocycles. The molecule has 0 saturated carbocycles. The molecule has 0 aromatic rings. The number of carbonyl (C=O) groups excluding carboxylic acids is 1. The van der Waals surface area contributed by atoms with E-state index >= 15 is 0 Å². The van der Waals surface area contributed by atoms with Crippen molar-refractivity contribution in [2.75, 3.05) is 0 Å². The van der Waals surface area contributed by atoms with Gasteiger partial charge < -0.3 is 10.8 Å². The third-order valence-electron chi connectivity index (χ3n) is 1.58. The number of carbonyl (C=O) groups is 2. The van der Waals surface area contributed by atoms with Crippen molar-refractivity contribution in [3.8, 4) is 0 Å². The van der Waals surface area contributed by atoms with Gasteiger partial charge in [-0.25, -0.2) is 0 Å². The zero-order valence-corrected chi connectivity index (χ0v) is 7.20. The Balaban J connectivity index is 4.02. The molecule has 0 aromatic heterocycles. The number of aliphatic carboxylic acids is 1. The highest BCUT2D eigenvalue weighted by molar-refractivity contribution is 5.81. The van der Waals surface area contributed by atoms with Crippen molar-refractivity contribution >= 4 is 11.9 Å². The van der Waals surface area contributed by atoms with Crippen molar-refractivity contribution in [2.24, 2.45) is 5.73 Å². The smallest absolute Gasteiger partial charge is 0.320 e. The predicted molar refractivity (Wildman–Crippen MR) is 43.5 cm³/mol. The fourth-order valence-corrected chi connectivity index (χ4v) is 0.748. The van der Waals surface area contributed by atoms with Gasteiger partial charge in [0.25, 0.3) is 0 Å². The van der Waals surface area contributed by atoms with Gasteiger partial charge in [-0.2, -0.15) is 0 Å². The van der Waals surface area contributed by atoms with E-state index in [2.05, 4.69) is 5.32 Å². The van der Waals surface area contributed by atoms with Crippen molar-refractivity contribution < 1.29 is 14.7 Å². The van der Waals surface area contributed by atoms with Crippen molar-refractivity contribution in [1.29, 1.82) is 0 Å². The quantitative estimate of drug-likeness (QED) is 0.514. The fourth-order valence-electron chi connectivity index (χ4n) is 0.748. The third kappa shape index (κ3) is 3.34. The number of nitrogens with two attached hydrogens (primary N) is 1. The molecule has 2 atom stereocenters. The molecular formula is C7H14N2O3. The standard InChI is InChI=1S/C7H14N2O3/c1-3-5(7(11)12)9-4(2)6(8)10/h4-5,9H,3H2,1-2H3,(H2,8,10)(H,11,12). The molecule has 2 unspecified atom stereocenters. The van der Waals surface area contributed by atoms with E-state index in [1.165, 1.54) is 6.92 Å². The topological polar surface area (TPSA) is 92.4 Å². The number of carboxylic acids is 1. The molecule has 0 aliphatic rings. The first-order valence-electron chi connectivity index (χ1n) is 3.77. The van der Waals surface area contributed by atoms with Gasteiger partial charge >= 0.3 is 5.97 Å². The van der Waals surface area contributed by atoms with E-state index in [-0.39, 0.29) is 0 Å². The van der Waals surface area contributed by atoms with Crippen LogP contribution in [0.3, 0.4) is 0 Å². The average Bonchev–Trinajstić information content (AvgIpc) is 1.98. The Hall–Kier alpha value is -1.10. The molecule has 5 nitrogen and oxygen atoms in total. The van der Waals surface area contributed by atoms with Crippen molar-refractivity contribution in [2.45, 2.75) is 32.4 Å². The first-order chi connectivity index (χ1) is 5.49. The number of amides is 1. The maximum Gasteiger partial charge on any atom is 0.320 e. The van der Waals surface area contributed by atoms with Crippen LogP contribution < -0.4 is 11.1 Å². The molecular weight excluding hydrogens is 160 g/mol. The monoisotopic (exact) mass is 174 g/mol. The van der Waals surface area contributed by atoms with Crippen molar-refractivity contribution in [3.63, 3.8) is 0 Å². The number of nitrogens with one attached hydrogen (secondary N) is 1. The largest absolute Gasteiger partial charge is 0.480 e. The maximum atomic E-state index is 10.5. The molecule has 5 heteroatoms. The molecule has 0 fully saturated rings. The van der Waals surface area contributed by atoms with E-state index in [4.69, 9.17) is 10.8 Å². The second-order valence-corrected chi connectivity index (χ2v) is 2.59. The molecule has 4 N–H and O–H groups in total. The van der Waals surface area contributed by atoms with Crippen molar-refractivity contribution in [3.05, 3.63) is 0 Å². The summed E-state index contributed by atoms with van der Waals surface area (Å²) in [7, 11) is 0. The van der Waals surface area contributed by atoms with Crippen LogP contribution >= 0.6 is 0 Å². The van der Waals surface area contributed by atoms with Crippen LogP contribution in [-0.4, -0.2) is 29.1 Å². The molecule has 12 heavy (non-hydrogen) atoms. The van der Waals surface area contributed by atoms with E-state index in [9.17, 15) is 9.59 Å². The summed E-state index contributed by atoms with van der Waals surface area (Å²) >= 11 is 0. The zero-order valence-electron chi connectivity index (χ0n) is 7.20. The van der Waals surface area contributed by atoms with Crippen LogP contribution in [0.15, 0.2) is 0 Å². The highest BCUT2D eigenvalue weighted by Gasteiger charge is 2.19. The van der Waals surface area contributed by atoms with Gasteiger partial charge in [-0.05, 0) is 13.3 Å². The highest BCUT2D eigenvalue weighted by Crippen LogP contribution is 1.93. The van der Waals surface area contributed by atoms with Gasteiger partial charge in [0.1, 0.15) is 6.04 Å². The Morgan fingerprint density at radius 1 is 1.58 bits per heavy atom. The minimum atomic E-state index is -0.967. The van der Waals surface area contributed by atoms with E-state index in [0.29, 0.717) is 6.42 Å². The Morgan fingerprint density at radius 3 is 2.33 bits per heavy atom. The fraction of sp³-hybridized carbons (Fsp3) is 0.714. The molecule has 0 aromatic carbocycles. The lowest BCUT2D eigenvalue weighted by molar-refractivity contribution is -0.139. The van der Waals surface area contributed by atoms with Gasteiger partial charge in [0, 0.05) is 0 Å². The van der Waals surface area contributed by atoms with Gasteiger partial charge in [0.15, 0.2) is 0 Å². The summed E-state index contributed by atoms with van der Waals surface area (Å²) in [5, 5.41) is 11.2. The van der Waals surface area contributed by atoms with Crippen LogP contribution in [0.4, 0.5) is 0 Å². The molecule has 1 amide bonds. The van der Waals surface area contributed by atoms with Crippen LogP contribution in [0.25, 0.3) is 0 Å². The molecule has 0 aliphatic carbocycles. The van der Waals surface area contributed by atoms with E-state index in [0.717, 1.165) is 0 Å². The summed E-state index contributed by atoms with van der Waals surface area (Å²) in [6.45, 7) is 3.26. The maximum absolute atomic E-state index is 10.5. The Labute approximate surface area is 70.9 Å². The third-order valence-corrected chi connectivity index (χ3v) is 1.58. The minimum Gasteiger partial charge on any atom is -0.480 e. The van der Waals surface area contributed by atoms with E-state index < -0.39 is 24.0 Å². The molecule has 0 saturated heterocycles. The summed E-state index contributed by atoms with van der Waals surface area (Å²) < 4.78 is 0.